The van der Waals surface area contributed by atoms with E-state index in [4.69, 9.17) is 0 Å². The maximum atomic E-state index is 13.2. The van der Waals surface area contributed by atoms with Crippen LogP contribution in [0.1, 0.15) is 53.0 Å². The average Bonchev–Trinajstić information content (AvgIpc) is 3.37. The standard InChI is InChI=1S/C31H34N6O/c1-4-28(30-33-34-35-37(30)20-25-12-6-5-7-13-25)36(17-16-24-14-8-10-22(2)18-24)21-27-19-26-15-9-11-23(3)29(26)32-31(27)38/h5-15,18-19,28H,4,16-17,20-21H2,1-3H3,(H,32,38). The normalized spacial score (nSPS) is 12.3. The molecule has 7 nitrogen and oxygen atoms in total. The van der Waals surface area contributed by atoms with Gasteiger partial charge in [0.15, 0.2) is 5.82 Å². The van der Waals surface area contributed by atoms with Crippen LogP contribution in [-0.4, -0.2) is 36.6 Å². The predicted octanol–water partition coefficient (Wildman–Crippen LogP) is 5.38. The number of tetrazole rings is 1. The first-order valence-corrected chi connectivity index (χ1v) is 13.2. The van der Waals surface area contributed by atoms with E-state index in [1.54, 1.807) is 0 Å². The van der Waals surface area contributed by atoms with E-state index in [1.807, 2.05) is 48.0 Å². The monoisotopic (exact) mass is 506 g/mol. The summed E-state index contributed by atoms with van der Waals surface area (Å²) in [6.45, 7) is 8.16. The molecule has 0 spiro atoms. The molecule has 0 aliphatic carbocycles. The molecule has 5 aromatic rings. The van der Waals surface area contributed by atoms with E-state index in [-0.39, 0.29) is 11.6 Å². The van der Waals surface area contributed by atoms with Gasteiger partial charge in [0.1, 0.15) is 0 Å². The minimum Gasteiger partial charge on any atom is -0.321 e. The highest BCUT2D eigenvalue weighted by Gasteiger charge is 2.26. The molecular formula is C31H34N6O. The number of benzene rings is 3. The Labute approximate surface area is 223 Å². The number of aromatic amines is 1. The molecule has 1 N–H and O–H groups in total. The zero-order chi connectivity index (χ0) is 26.5. The van der Waals surface area contributed by atoms with Gasteiger partial charge in [-0.3, -0.25) is 9.69 Å². The number of H-pyrrole nitrogens is 1. The van der Waals surface area contributed by atoms with E-state index < -0.39 is 0 Å². The Morgan fingerprint density at radius 1 is 0.947 bits per heavy atom. The van der Waals surface area contributed by atoms with Crippen LogP contribution < -0.4 is 5.56 Å². The topological polar surface area (TPSA) is 79.7 Å². The predicted molar refractivity (Wildman–Crippen MR) is 151 cm³/mol. The Bertz CT molecular complexity index is 1570. The second kappa shape index (κ2) is 11.5. The van der Waals surface area contributed by atoms with Crippen molar-refractivity contribution in [2.24, 2.45) is 0 Å². The molecule has 1 atom stereocenters. The van der Waals surface area contributed by atoms with Crippen LogP contribution in [0.25, 0.3) is 10.9 Å². The summed E-state index contributed by atoms with van der Waals surface area (Å²) in [5.41, 5.74) is 6.31. The van der Waals surface area contributed by atoms with E-state index in [1.165, 1.54) is 11.1 Å². The molecule has 2 aromatic heterocycles. The number of pyridine rings is 1. The number of para-hydroxylation sites is 1. The lowest BCUT2D eigenvalue weighted by Crippen LogP contribution is -2.34. The minimum absolute atomic E-state index is 0.0499. The van der Waals surface area contributed by atoms with Gasteiger partial charge in [0.2, 0.25) is 0 Å². The van der Waals surface area contributed by atoms with Gasteiger partial charge in [-0.25, -0.2) is 4.68 Å². The highest BCUT2D eigenvalue weighted by atomic mass is 16.1. The van der Waals surface area contributed by atoms with Gasteiger partial charge in [-0.2, -0.15) is 0 Å². The van der Waals surface area contributed by atoms with Gasteiger partial charge in [-0.15, -0.1) is 5.10 Å². The first kappa shape index (κ1) is 25.5. The second-order valence-corrected chi connectivity index (χ2v) is 9.98. The van der Waals surface area contributed by atoms with Crippen molar-refractivity contribution in [1.29, 1.82) is 0 Å². The van der Waals surface area contributed by atoms with Gasteiger partial charge >= 0.3 is 0 Å². The first-order chi connectivity index (χ1) is 18.5. The number of fused-ring (bicyclic) bond motifs is 1. The number of aryl methyl sites for hydroxylation is 2. The van der Waals surface area contributed by atoms with Crippen molar-refractivity contribution in [3.8, 4) is 0 Å². The van der Waals surface area contributed by atoms with Crippen LogP contribution in [0.5, 0.6) is 0 Å². The molecule has 5 rings (SSSR count). The number of hydrogen-bond acceptors (Lipinski definition) is 5. The highest BCUT2D eigenvalue weighted by molar-refractivity contribution is 5.81. The summed E-state index contributed by atoms with van der Waals surface area (Å²) in [6, 6.07) is 26.9. The molecule has 0 bridgehead atoms. The lowest BCUT2D eigenvalue weighted by atomic mass is 10.0. The van der Waals surface area contributed by atoms with E-state index in [9.17, 15) is 4.79 Å². The number of hydrogen-bond donors (Lipinski definition) is 1. The molecule has 194 valence electrons. The zero-order valence-electron chi connectivity index (χ0n) is 22.3. The summed E-state index contributed by atoms with van der Waals surface area (Å²) in [5.74, 6) is 0.814. The van der Waals surface area contributed by atoms with Crippen LogP contribution >= 0.6 is 0 Å². The quantitative estimate of drug-likeness (QED) is 0.275. The minimum atomic E-state index is -0.0499. The largest absolute Gasteiger partial charge is 0.321 e. The molecule has 0 saturated heterocycles. The third-order valence-corrected chi connectivity index (χ3v) is 7.17. The first-order valence-electron chi connectivity index (χ1n) is 13.2. The summed E-state index contributed by atoms with van der Waals surface area (Å²) in [6.07, 6.45) is 1.68. The molecule has 1 unspecified atom stereocenters. The van der Waals surface area contributed by atoms with Gasteiger partial charge in [0, 0.05) is 18.7 Å². The molecule has 2 heterocycles. The fourth-order valence-electron chi connectivity index (χ4n) is 5.17. The number of nitrogens with zero attached hydrogens (tertiary/aromatic N) is 5. The van der Waals surface area contributed by atoms with E-state index in [0.29, 0.717) is 13.1 Å². The fourth-order valence-corrected chi connectivity index (χ4v) is 5.17. The smallest absolute Gasteiger partial charge is 0.252 e. The van der Waals surface area contributed by atoms with Crippen LogP contribution in [-0.2, 0) is 19.5 Å². The maximum absolute atomic E-state index is 13.2. The fraction of sp³-hybridized carbons (Fsp3) is 0.290. The molecule has 38 heavy (non-hydrogen) atoms. The SMILES string of the molecule is CCC(c1nnnn1Cc1ccccc1)N(CCc1cccc(C)c1)Cc1cc2cccc(C)c2[nH]c1=O. The molecule has 3 aromatic carbocycles. The van der Waals surface area contributed by atoms with Crippen molar-refractivity contribution in [1.82, 2.24) is 30.1 Å². The molecule has 0 fully saturated rings. The van der Waals surface area contributed by atoms with Crippen molar-refractivity contribution in [2.45, 2.75) is 52.7 Å². The van der Waals surface area contributed by atoms with Gasteiger partial charge in [-0.05, 0) is 65.3 Å². The number of rotatable bonds is 10. The number of aromatic nitrogens is 5. The number of nitrogens with one attached hydrogen (secondary N) is 1. The summed E-state index contributed by atoms with van der Waals surface area (Å²) in [5, 5.41) is 13.9. The molecule has 0 amide bonds. The van der Waals surface area contributed by atoms with Crippen LogP contribution in [0.3, 0.4) is 0 Å². The third-order valence-electron chi connectivity index (χ3n) is 7.17. The molecule has 0 aliphatic heterocycles. The summed E-state index contributed by atoms with van der Waals surface area (Å²) in [4.78, 5) is 18.7. The summed E-state index contributed by atoms with van der Waals surface area (Å²) < 4.78 is 1.89. The van der Waals surface area contributed by atoms with Gasteiger partial charge < -0.3 is 4.98 Å². The van der Waals surface area contributed by atoms with Crippen molar-refractivity contribution in [2.75, 3.05) is 6.54 Å². The molecule has 0 aliphatic rings. The third kappa shape index (κ3) is 5.73. The lowest BCUT2D eigenvalue weighted by molar-refractivity contribution is 0.172. The Kier molecular flexibility index (Phi) is 7.75. The Hall–Kier alpha value is -4.10. The lowest BCUT2D eigenvalue weighted by Gasteiger charge is -2.30. The summed E-state index contributed by atoms with van der Waals surface area (Å²) >= 11 is 0. The Balaban J connectivity index is 1.49. The Morgan fingerprint density at radius 2 is 1.74 bits per heavy atom. The van der Waals surface area contributed by atoms with E-state index in [0.717, 1.165) is 52.8 Å². The van der Waals surface area contributed by atoms with Crippen LogP contribution in [0.2, 0.25) is 0 Å². The molecule has 0 saturated carbocycles. The zero-order valence-corrected chi connectivity index (χ0v) is 22.3. The van der Waals surface area contributed by atoms with Gasteiger partial charge in [0.25, 0.3) is 5.56 Å². The summed E-state index contributed by atoms with van der Waals surface area (Å²) in [7, 11) is 0. The van der Waals surface area contributed by atoms with Crippen molar-refractivity contribution in [3.05, 3.63) is 123 Å². The van der Waals surface area contributed by atoms with Gasteiger partial charge in [0.05, 0.1) is 18.1 Å². The van der Waals surface area contributed by atoms with Crippen molar-refractivity contribution >= 4 is 10.9 Å². The van der Waals surface area contributed by atoms with Crippen molar-refractivity contribution < 1.29 is 0 Å². The molecule has 0 radical (unpaired) electrons. The van der Waals surface area contributed by atoms with Gasteiger partial charge in [-0.1, -0.05) is 85.3 Å². The van der Waals surface area contributed by atoms with Crippen molar-refractivity contribution in [3.63, 3.8) is 0 Å². The van der Waals surface area contributed by atoms with E-state index >= 15 is 0 Å². The highest BCUT2D eigenvalue weighted by Crippen LogP contribution is 2.26. The average molecular weight is 507 g/mol. The van der Waals surface area contributed by atoms with Crippen LogP contribution in [0.15, 0.2) is 83.7 Å². The second-order valence-electron chi connectivity index (χ2n) is 9.98. The maximum Gasteiger partial charge on any atom is 0.252 e. The molecule has 7 heteroatoms. The van der Waals surface area contributed by atoms with Crippen LogP contribution in [0, 0.1) is 13.8 Å². The Morgan fingerprint density at radius 3 is 2.53 bits per heavy atom. The molecular weight excluding hydrogens is 472 g/mol. The van der Waals surface area contributed by atoms with E-state index in [2.05, 4.69) is 81.7 Å². The van der Waals surface area contributed by atoms with Crippen LogP contribution in [0.4, 0.5) is 0 Å².